The zero-order chi connectivity index (χ0) is 13.3. The van der Waals surface area contributed by atoms with E-state index in [0.29, 0.717) is 6.54 Å². The highest BCUT2D eigenvalue weighted by Gasteiger charge is 2.42. The van der Waals surface area contributed by atoms with Gasteiger partial charge in [0.1, 0.15) is 6.54 Å². The van der Waals surface area contributed by atoms with Gasteiger partial charge < -0.3 is 4.90 Å². The summed E-state index contributed by atoms with van der Waals surface area (Å²) in [6, 6.07) is 9.61. The number of benzene rings is 1. The normalized spacial score (nSPS) is 16.6. The topological polar surface area (TPSA) is 40.6 Å². The molecule has 0 saturated carbocycles. The SMILES string of the molecule is C[Si](C)(C)N1C(=O)CN(Cc2ccccc2)C1=O. The van der Waals surface area contributed by atoms with E-state index >= 15 is 0 Å². The number of amides is 3. The summed E-state index contributed by atoms with van der Waals surface area (Å²) < 4.78 is 1.48. The molecule has 0 aliphatic carbocycles. The number of carbonyl (C=O) groups excluding carboxylic acids is 2. The van der Waals surface area contributed by atoms with Crippen LogP contribution in [0.3, 0.4) is 0 Å². The number of nitrogens with zero attached hydrogens (tertiary/aromatic N) is 2. The molecule has 1 aliphatic rings. The van der Waals surface area contributed by atoms with Crippen LogP contribution in [-0.2, 0) is 11.3 Å². The highest BCUT2D eigenvalue weighted by atomic mass is 28.3. The molecular weight excluding hydrogens is 244 g/mol. The lowest BCUT2D eigenvalue weighted by atomic mass is 10.2. The maximum Gasteiger partial charge on any atom is 0.319 e. The Hall–Kier alpha value is -1.62. The van der Waals surface area contributed by atoms with Gasteiger partial charge in [0, 0.05) is 6.54 Å². The highest BCUT2D eigenvalue weighted by Crippen LogP contribution is 2.20. The third-order valence-corrected chi connectivity index (χ3v) is 4.71. The van der Waals surface area contributed by atoms with E-state index in [-0.39, 0.29) is 18.5 Å². The van der Waals surface area contributed by atoms with Gasteiger partial charge in [0.2, 0.25) is 5.91 Å². The predicted octanol–water partition coefficient (Wildman–Crippen LogP) is 2.29. The lowest BCUT2D eigenvalue weighted by Gasteiger charge is -2.27. The Labute approximate surface area is 108 Å². The van der Waals surface area contributed by atoms with Gasteiger partial charge in [0.05, 0.1) is 0 Å². The largest absolute Gasteiger partial charge is 0.319 e. The summed E-state index contributed by atoms with van der Waals surface area (Å²) in [5.41, 5.74) is 1.05. The summed E-state index contributed by atoms with van der Waals surface area (Å²) in [6.07, 6.45) is 0. The summed E-state index contributed by atoms with van der Waals surface area (Å²) in [6.45, 7) is 6.74. The van der Waals surface area contributed by atoms with Crippen molar-refractivity contribution in [1.29, 1.82) is 0 Å². The lowest BCUT2D eigenvalue weighted by Crippen LogP contribution is -2.50. The van der Waals surface area contributed by atoms with Crippen molar-refractivity contribution in [2.45, 2.75) is 26.2 Å². The summed E-state index contributed by atoms with van der Waals surface area (Å²) in [5.74, 6) is -0.0601. The highest BCUT2D eigenvalue weighted by molar-refractivity contribution is 6.78. The molecule has 1 saturated heterocycles. The molecule has 1 aromatic carbocycles. The average molecular weight is 262 g/mol. The van der Waals surface area contributed by atoms with Crippen LogP contribution in [0.25, 0.3) is 0 Å². The fraction of sp³-hybridized carbons (Fsp3) is 0.385. The van der Waals surface area contributed by atoms with Gasteiger partial charge in [-0.15, -0.1) is 0 Å². The number of carbonyl (C=O) groups is 2. The Kier molecular flexibility index (Phi) is 3.25. The van der Waals surface area contributed by atoms with Crippen molar-refractivity contribution in [1.82, 2.24) is 9.47 Å². The van der Waals surface area contributed by atoms with Gasteiger partial charge in [0.25, 0.3) is 0 Å². The van der Waals surface area contributed by atoms with Crippen molar-refractivity contribution in [3.63, 3.8) is 0 Å². The molecule has 0 bridgehead atoms. The van der Waals surface area contributed by atoms with Crippen LogP contribution in [0.15, 0.2) is 30.3 Å². The molecule has 1 aromatic rings. The maximum absolute atomic E-state index is 12.2. The first-order chi connectivity index (χ1) is 8.39. The fourth-order valence-electron chi connectivity index (χ4n) is 2.14. The van der Waals surface area contributed by atoms with E-state index in [9.17, 15) is 9.59 Å². The number of urea groups is 1. The second kappa shape index (κ2) is 4.57. The van der Waals surface area contributed by atoms with Crippen LogP contribution in [0.1, 0.15) is 5.56 Å². The molecule has 3 amide bonds. The van der Waals surface area contributed by atoms with Crippen molar-refractivity contribution < 1.29 is 9.59 Å². The molecule has 1 heterocycles. The summed E-state index contributed by atoms with van der Waals surface area (Å²) in [5, 5.41) is 0. The summed E-state index contributed by atoms with van der Waals surface area (Å²) >= 11 is 0. The maximum atomic E-state index is 12.2. The van der Waals surface area contributed by atoms with Crippen molar-refractivity contribution in [3.05, 3.63) is 35.9 Å². The third kappa shape index (κ3) is 2.45. The fourth-order valence-corrected chi connectivity index (χ4v) is 3.67. The Morgan fingerprint density at radius 1 is 1.11 bits per heavy atom. The first-order valence-electron chi connectivity index (χ1n) is 6.05. The zero-order valence-corrected chi connectivity index (χ0v) is 12.0. The molecular formula is C13H18N2O2Si. The van der Waals surface area contributed by atoms with Crippen LogP contribution in [0.5, 0.6) is 0 Å². The van der Waals surface area contributed by atoms with Gasteiger partial charge in [-0.2, -0.15) is 0 Å². The number of hydrogen-bond acceptors (Lipinski definition) is 2. The van der Waals surface area contributed by atoms with E-state index in [2.05, 4.69) is 0 Å². The molecule has 1 fully saturated rings. The van der Waals surface area contributed by atoms with Gasteiger partial charge in [-0.3, -0.25) is 9.36 Å². The van der Waals surface area contributed by atoms with Gasteiger partial charge in [-0.05, 0) is 5.56 Å². The molecule has 0 radical (unpaired) electrons. The molecule has 5 heteroatoms. The zero-order valence-electron chi connectivity index (χ0n) is 11.0. The Balaban J connectivity index is 2.14. The van der Waals surface area contributed by atoms with Gasteiger partial charge >= 0.3 is 6.03 Å². The van der Waals surface area contributed by atoms with Crippen molar-refractivity contribution >= 4 is 20.2 Å². The molecule has 18 heavy (non-hydrogen) atoms. The van der Waals surface area contributed by atoms with Crippen molar-refractivity contribution in [2.24, 2.45) is 0 Å². The van der Waals surface area contributed by atoms with E-state index in [1.165, 1.54) is 4.57 Å². The van der Waals surface area contributed by atoms with Gasteiger partial charge in [-0.1, -0.05) is 50.0 Å². The first-order valence-corrected chi connectivity index (χ1v) is 9.50. The van der Waals surface area contributed by atoms with E-state index < -0.39 is 8.24 Å². The van der Waals surface area contributed by atoms with Crippen molar-refractivity contribution in [2.75, 3.05) is 6.54 Å². The van der Waals surface area contributed by atoms with E-state index in [0.717, 1.165) is 5.56 Å². The van der Waals surface area contributed by atoms with Crippen LogP contribution in [0, 0.1) is 0 Å². The first kappa shape index (κ1) is 12.8. The standard InChI is InChI=1S/C13H18N2O2Si/c1-18(2,3)15-12(16)10-14(13(15)17)9-11-7-5-4-6-8-11/h4-8H,9-10H2,1-3H3. The van der Waals surface area contributed by atoms with Crippen molar-refractivity contribution in [3.8, 4) is 0 Å². The molecule has 0 atom stereocenters. The van der Waals surface area contributed by atoms with Crippen LogP contribution in [0.4, 0.5) is 4.79 Å². The van der Waals surface area contributed by atoms with E-state index in [1.54, 1.807) is 4.90 Å². The summed E-state index contributed by atoms with van der Waals surface area (Å²) in [4.78, 5) is 25.8. The number of hydrogen-bond donors (Lipinski definition) is 0. The van der Waals surface area contributed by atoms with Gasteiger partial charge in [-0.25, -0.2) is 4.79 Å². The van der Waals surface area contributed by atoms with Gasteiger partial charge in [0.15, 0.2) is 8.24 Å². The second-order valence-electron chi connectivity index (χ2n) is 5.52. The van der Waals surface area contributed by atoms with Crippen LogP contribution < -0.4 is 0 Å². The van der Waals surface area contributed by atoms with Crippen LogP contribution in [-0.4, -0.2) is 36.2 Å². The smallest absolute Gasteiger partial charge is 0.311 e. The number of imide groups is 1. The van der Waals surface area contributed by atoms with Crippen LogP contribution in [0.2, 0.25) is 19.6 Å². The molecule has 0 N–H and O–H groups in total. The Bertz CT molecular complexity index is 468. The predicted molar refractivity (Wildman–Crippen MR) is 72.4 cm³/mol. The lowest BCUT2D eigenvalue weighted by molar-refractivity contribution is -0.122. The van der Waals surface area contributed by atoms with E-state index in [4.69, 9.17) is 0 Å². The third-order valence-electron chi connectivity index (χ3n) is 2.92. The Morgan fingerprint density at radius 3 is 2.22 bits per heavy atom. The minimum Gasteiger partial charge on any atom is -0.311 e. The quantitative estimate of drug-likeness (QED) is 0.619. The summed E-state index contributed by atoms with van der Waals surface area (Å²) in [7, 11) is -1.92. The monoisotopic (exact) mass is 262 g/mol. The molecule has 1 aliphatic heterocycles. The molecule has 0 spiro atoms. The second-order valence-corrected chi connectivity index (χ2v) is 10.3. The molecule has 4 nitrogen and oxygen atoms in total. The Morgan fingerprint density at radius 2 is 1.72 bits per heavy atom. The van der Waals surface area contributed by atoms with Crippen LogP contribution >= 0.6 is 0 Å². The minimum absolute atomic E-state index is 0.0601. The average Bonchev–Trinajstić information content (AvgIpc) is 2.54. The number of rotatable bonds is 3. The van der Waals surface area contributed by atoms with E-state index in [1.807, 2.05) is 50.0 Å². The molecule has 2 rings (SSSR count). The molecule has 96 valence electrons. The molecule has 0 aromatic heterocycles. The molecule has 0 unspecified atom stereocenters. The minimum atomic E-state index is -1.92.